The van der Waals surface area contributed by atoms with Gasteiger partial charge in [-0.2, -0.15) is 13.2 Å². The summed E-state index contributed by atoms with van der Waals surface area (Å²) < 4.78 is 46.3. The molecule has 0 aliphatic carbocycles. The van der Waals surface area contributed by atoms with Gasteiger partial charge in [-0.05, 0) is 47.4 Å². The number of halogens is 4. The van der Waals surface area contributed by atoms with Crippen molar-refractivity contribution in [1.82, 2.24) is 20.3 Å². The Labute approximate surface area is 189 Å². The Morgan fingerprint density at radius 1 is 1.38 bits per heavy atom. The van der Waals surface area contributed by atoms with E-state index in [0.717, 1.165) is 25.7 Å². The first-order chi connectivity index (χ1) is 15.3. The molecule has 1 aliphatic heterocycles. The molecule has 0 radical (unpaired) electrons. The molecule has 8 nitrogen and oxygen atoms in total. The number of hydrogen-bond acceptors (Lipinski definition) is 6. The summed E-state index contributed by atoms with van der Waals surface area (Å²) in [5, 5.41) is 9.34. The fourth-order valence-corrected chi connectivity index (χ4v) is 4.18. The first-order valence-corrected chi connectivity index (χ1v) is 10.6. The molecule has 0 unspecified atom stereocenters. The molecule has 2 aromatic heterocycles. The van der Waals surface area contributed by atoms with Crippen LogP contribution < -0.4 is 16.0 Å². The zero-order valence-electron chi connectivity index (χ0n) is 16.9. The van der Waals surface area contributed by atoms with Gasteiger partial charge in [0, 0.05) is 29.9 Å². The Kier molecular flexibility index (Phi) is 6.24. The van der Waals surface area contributed by atoms with Gasteiger partial charge in [0.15, 0.2) is 0 Å². The maximum Gasteiger partial charge on any atom is 0.419 e. The van der Waals surface area contributed by atoms with Gasteiger partial charge in [-0.1, -0.05) is 6.07 Å². The van der Waals surface area contributed by atoms with E-state index in [0.29, 0.717) is 33.5 Å². The second kappa shape index (κ2) is 8.94. The van der Waals surface area contributed by atoms with Gasteiger partial charge in [-0.15, -0.1) is 0 Å². The molecular formula is C20H20BrF3N6O2. The molecule has 1 aromatic carbocycles. The number of aromatic amines is 1. The Morgan fingerprint density at radius 3 is 2.88 bits per heavy atom. The molecule has 1 amide bonds. The number of hydrogen-bond donors (Lipinski definition) is 4. The molecule has 0 bridgehead atoms. The van der Waals surface area contributed by atoms with Gasteiger partial charge in [-0.3, -0.25) is 5.32 Å². The average Bonchev–Trinajstić information content (AvgIpc) is 3.43. The predicted molar refractivity (Wildman–Crippen MR) is 118 cm³/mol. The minimum Gasteiger partial charge on any atom is -0.453 e. The number of carbonyl (C=O) groups is 1. The number of anilines is 2. The fraction of sp³-hybridized carbons (Fsp3) is 0.350. The van der Waals surface area contributed by atoms with Gasteiger partial charge in [-0.25, -0.2) is 14.8 Å². The number of nitrogens with one attached hydrogen (secondary N) is 4. The van der Waals surface area contributed by atoms with E-state index in [1.807, 2.05) is 0 Å². The first kappa shape index (κ1) is 22.3. The molecule has 0 saturated carbocycles. The molecule has 4 N–H and O–H groups in total. The second-order valence-corrected chi connectivity index (χ2v) is 8.15. The maximum atomic E-state index is 13.7. The molecule has 3 heterocycles. The molecule has 170 valence electrons. The van der Waals surface area contributed by atoms with Crippen LogP contribution in [-0.4, -0.2) is 47.8 Å². The number of ether oxygens (including phenoxy) is 1. The largest absolute Gasteiger partial charge is 0.453 e. The summed E-state index contributed by atoms with van der Waals surface area (Å²) in [7, 11) is 1.23. The monoisotopic (exact) mass is 512 g/mol. The van der Waals surface area contributed by atoms with Crippen molar-refractivity contribution in [2.75, 3.05) is 37.4 Å². The van der Waals surface area contributed by atoms with Gasteiger partial charge in [0.25, 0.3) is 0 Å². The van der Waals surface area contributed by atoms with E-state index in [1.165, 1.54) is 13.3 Å². The van der Waals surface area contributed by atoms with Gasteiger partial charge >= 0.3 is 12.3 Å². The highest BCUT2D eigenvalue weighted by Crippen LogP contribution is 2.41. The number of benzene rings is 1. The smallest absolute Gasteiger partial charge is 0.419 e. The highest BCUT2D eigenvalue weighted by Gasteiger charge is 2.36. The molecule has 0 spiro atoms. The maximum absolute atomic E-state index is 13.7. The summed E-state index contributed by atoms with van der Waals surface area (Å²) in [6.45, 7) is 2.33. The van der Waals surface area contributed by atoms with Gasteiger partial charge < -0.3 is 20.4 Å². The van der Waals surface area contributed by atoms with Crippen molar-refractivity contribution >= 4 is 44.6 Å². The fourth-order valence-electron chi connectivity index (χ4n) is 3.62. The van der Waals surface area contributed by atoms with Crippen LogP contribution in [0.25, 0.3) is 22.2 Å². The number of methoxy groups -OCH3 is 1. The SMILES string of the molecule is COC(=O)Nc1ccc2c(-c3nc(NC[C@H]4CCNC4)ncc3C(F)(F)F)c[nH]c2c1Br. The quantitative estimate of drug-likeness (QED) is 0.398. The third-order valence-corrected chi connectivity index (χ3v) is 6.10. The highest BCUT2D eigenvalue weighted by molar-refractivity contribution is 9.10. The zero-order valence-corrected chi connectivity index (χ0v) is 18.5. The number of amides is 1. The number of fused-ring (bicyclic) bond motifs is 1. The zero-order chi connectivity index (χ0) is 22.9. The highest BCUT2D eigenvalue weighted by atomic mass is 79.9. The number of nitrogens with zero attached hydrogens (tertiary/aromatic N) is 2. The molecule has 1 saturated heterocycles. The number of H-pyrrole nitrogens is 1. The van der Waals surface area contributed by atoms with Crippen LogP contribution in [0.2, 0.25) is 0 Å². The van der Waals surface area contributed by atoms with Crippen molar-refractivity contribution in [2.24, 2.45) is 5.92 Å². The Bertz CT molecular complexity index is 1140. The van der Waals surface area contributed by atoms with E-state index >= 15 is 0 Å². The standard InChI is InChI=1S/C20H20BrF3N6O2/c1-32-19(31)29-14-3-2-11-12(8-26-17(11)15(14)21)16-13(20(22,23)24)9-28-18(30-16)27-7-10-4-5-25-6-10/h2-3,8-10,25-26H,4-7H2,1H3,(H,29,31)(H,27,28,30)/t10-/m0/s1. The van der Waals surface area contributed by atoms with Crippen molar-refractivity contribution in [1.29, 1.82) is 0 Å². The van der Waals surface area contributed by atoms with Crippen molar-refractivity contribution in [3.8, 4) is 11.3 Å². The average molecular weight is 513 g/mol. The molecule has 1 atom stereocenters. The van der Waals surface area contributed by atoms with E-state index in [1.54, 1.807) is 12.1 Å². The third kappa shape index (κ3) is 4.51. The topological polar surface area (TPSA) is 104 Å². The summed E-state index contributed by atoms with van der Waals surface area (Å²) in [6, 6.07) is 3.18. The second-order valence-electron chi connectivity index (χ2n) is 7.36. The molecule has 1 aliphatic rings. The minimum atomic E-state index is -4.63. The lowest BCUT2D eigenvalue weighted by Crippen LogP contribution is -2.19. The van der Waals surface area contributed by atoms with Crippen molar-refractivity contribution in [3.05, 3.63) is 34.6 Å². The molecule has 4 rings (SSSR count). The molecule has 12 heteroatoms. The number of aromatic nitrogens is 3. The van der Waals surface area contributed by atoms with Crippen LogP contribution in [-0.2, 0) is 10.9 Å². The van der Waals surface area contributed by atoms with Gasteiger partial charge in [0.1, 0.15) is 5.56 Å². The Balaban J connectivity index is 1.74. The summed E-state index contributed by atoms with van der Waals surface area (Å²) in [6.07, 6.45) is -2.05. The predicted octanol–water partition coefficient (Wildman–Crippen LogP) is 4.61. The van der Waals surface area contributed by atoms with E-state index in [2.05, 4.69) is 51.6 Å². The first-order valence-electron chi connectivity index (χ1n) is 9.81. The van der Waals surface area contributed by atoms with Crippen LogP contribution in [0.3, 0.4) is 0 Å². The molecular weight excluding hydrogens is 493 g/mol. The summed E-state index contributed by atoms with van der Waals surface area (Å²) >= 11 is 3.39. The number of rotatable bonds is 5. The molecule has 1 fully saturated rings. The summed E-state index contributed by atoms with van der Waals surface area (Å²) in [5.74, 6) is 0.506. The number of carbonyl (C=O) groups excluding carboxylic acids is 1. The van der Waals surface area contributed by atoms with Gasteiger partial charge in [0.05, 0.1) is 28.5 Å². The van der Waals surface area contributed by atoms with Crippen LogP contribution in [0, 0.1) is 5.92 Å². The van der Waals surface area contributed by atoms with Crippen LogP contribution in [0.15, 0.2) is 29.0 Å². The summed E-state index contributed by atoms with van der Waals surface area (Å²) in [5.41, 5.74) is 0.0209. The Hall–Kier alpha value is -2.86. The van der Waals surface area contributed by atoms with Crippen molar-refractivity contribution in [2.45, 2.75) is 12.6 Å². The third-order valence-electron chi connectivity index (χ3n) is 5.28. The molecule has 32 heavy (non-hydrogen) atoms. The lowest BCUT2D eigenvalue weighted by molar-refractivity contribution is -0.137. The Morgan fingerprint density at radius 2 is 2.19 bits per heavy atom. The van der Waals surface area contributed by atoms with Crippen LogP contribution in [0.5, 0.6) is 0 Å². The van der Waals surface area contributed by atoms with E-state index < -0.39 is 17.8 Å². The van der Waals surface area contributed by atoms with E-state index in [4.69, 9.17) is 0 Å². The lowest BCUT2D eigenvalue weighted by atomic mass is 10.1. The van der Waals surface area contributed by atoms with E-state index in [9.17, 15) is 18.0 Å². The minimum absolute atomic E-state index is 0.136. The molecule has 3 aromatic rings. The lowest BCUT2D eigenvalue weighted by Gasteiger charge is -2.15. The summed E-state index contributed by atoms with van der Waals surface area (Å²) in [4.78, 5) is 22.6. The van der Waals surface area contributed by atoms with Crippen molar-refractivity contribution in [3.63, 3.8) is 0 Å². The number of alkyl halides is 3. The van der Waals surface area contributed by atoms with Gasteiger partial charge in [0.2, 0.25) is 5.95 Å². The van der Waals surface area contributed by atoms with E-state index in [-0.39, 0.29) is 17.2 Å². The van der Waals surface area contributed by atoms with Crippen LogP contribution in [0.4, 0.5) is 29.6 Å². The van der Waals surface area contributed by atoms with Crippen LogP contribution >= 0.6 is 15.9 Å². The van der Waals surface area contributed by atoms with Crippen molar-refractivity contribution < 1.29 is 22.7 Å². The van der Waals surface area contributed by atoms with Crippen LogP contribution in [0.1, 0.15) is 12.0 Å². The normalized spacial score (nSPS) is 16.3.